The summed E-state index contributed by atoms with van der Waals surface area (Å²) in [5.74, 6) is 0.462. The van der Waals surface area contributed by atoms with E-state index in [9.17, 15) is 10.1 Å². The molecule has 0 amide bonds. The van der Waals surface area contributed by atoms with Gasteiger partial charge in [-0.05, 0) is 24.6 Å². The van der Waals surface area contributed by atoms with Gasteiger partial charge in [-0.3, -0.25) is 10.1 Å². The molecule has 0 atom stereocenters. The van der Waals surface area contributed by atoms with E-state index in [1.54, 1.807) is 13.0 Å². The molecule has 0 spiro atoms. The van der Waals surface area contributed by atoms with Crippen LogP contribution in [0.2, 0.25) is 0 Å². The second kappa shape index (κ2) is 5.14. The summed E-state index contributed by atoms with van der Waals surface area (Å²) in [7, 11) is 0. The van der Waals surface area contributed by atoms with Crippen molar-refractivity contribution in [2.45, 2.75) is 6.92 Å². The van der Waals surface area contributed by atoms with Crippen LogP contribution in [0.15, 0.2) is 36.5 Å². The smallest absolute Gasteiger partial charge is 0.311 e. The number of nitro groups is 1. The first-order chi connectivity index (χ1) is 9.10. The number of nitrogens with zero attached hydrogens (tertiary/aromatic N) is 3. The average Bonchev–Trinajstić information content (AvgIpc) is 2.41. The molecule has 0 fully saturated rings. The molecule has 0 aliphatic carbocycles. The van der Waals surface area contributed by atoms with Crippen molar-refractivity contribution in [3.05, 3.63) is 57.9 Å². The first-order valence-corrected chi connectivity index (χ1v) is 5.39. The lowest BCUT2D eigenvalue weighted by Gasteiger charge is -2.06. The minimum atomic E-state index is -0.505. The van der Waals surface area contributed by atoms with Gasteiger partial charge in [0.05, 0.1) is 4.92 Å². The molecule has 94 valence electrons. The highest BCUT2D eigenvalue weighted by Gasteiger charge is 2.16. The molecule has 0 saturated heterocycles. The summed E-state index contributed by atoms with van der Waals surface area (Å²) in [6, 6.07) is 9.50. The molecular formula is C13H9N3O3. The minimum Gasteiger partial charge on any atom is -0.450 e. The quantitative estimate of drug-likeness (QED) is 0.621. The van der Waals surface area contributed by atoms with Gasteiger partial charge in [0.25, 0.3) is 0 Å². The van der Waals surface area contributed by atoms with E-state index < -0.39 is 4.92 Å². The molecule has 1 aromatic carbocycles. The zero-order valence-corrected chi connectivity index (χ0v) is 10.0. The molecule has 1 heterocycles. The van der Waals surface area contributed by atoms with Crippen LogP contribution in [-0.2, 0) is 0 Å². The van der Waals surface area contributed by atoms with E-state index in [1.807, 2.05) is 6.07 Å². The highest BCUT2D eigenvalue weighted by molar-refractivity contribution is 5.50. The molecule has 2 aromatic rings. The molecule has 1 aromatic heterocycles. The summed E-state index contributed by atoms with van der Waals surface area (Å²) >= 11 is 0. The molecule has 0 radical (unpaired) electrons. The number of aromatic nitrogens is 1. The van der Waals surface area contributed by atoms with Crippen LogP contribution in [0.3, 0.4) is 0 Å². The lowest BCUT2D eigenvalue weighted by molar-refractivity contribution is -0.385. The molecular weight excluding hydrogens is 246 g/mol. The van der Waals surface area contributed by atoms with Gasteiger partial charge in [0.1, 0.15) is 17.5 Å². The van der Waals surface area contributed by atoms with E-state index >= 15 is 0 Å². The predicted octanol–water partition coefficient (Wildman–Crippen LogP) is 2.96. The Labute approximate surface area is 109 Å². The molecule has 0 bridgehead atoms. The highest BCUT2D eigenvalue weighted by atomic mass is 16.6. The zero-order chi connectivity index (χ0) is 13.8. The summed E-state index contributed by atoms with van der Waals surface area (Å²) in [6.45, 7) is 1.76. The van der Waals surface area contributed by atoms with Crippen molar-refractivity contribution in [2.24, 2.45) is 0 Å². The molecule has 2 rings (SSSR count). The van der Waals surface area contributed by atoms with E-state index in [2.05, 4.69) is 4.98 Å². The van der Waals surface area contributed by atoms with E-state index in [0.717, 1.165) is 5.56 Å². The van der Waals surface area contributed by atoms with Crippen molar-refractivity contribution >= 4 is 5.69 Å². The monoisotopic (exact) mass is 255 g/mol. The van der Waals surface area contributed by atoms with Crippen LogP contribution < -0.4 is 4.74 Å². The summed E-state index contributed by atoms with van der Waals surface area (Å²) in [5.41, 5.74) is 0.842. The van der Waals surface area contributed by atoms with Gasteiger partial charge in [0, 0.05) is 18.3 Å². The molecule has 0 aliphatic heterocycles. The second-order valence-corrected chi connectivity index (χ2v) is 3.82. The van der Waals surface area contributed by atoms with E-state index in [-0.39, 0.29) is 17.1 Å². The Morgan fingerprint density at radius 3 is 2.84 bits per heavy atom. The van der Waals surface area contributed by atoms with E-state index in [1.165, 1.54) is 30.5 Å². The number of ether oxygens (including phenoxy) is 1. The third kappa shape index (κ3) is 2.84. The third-order valence-corrected chi connectivity index (χ3v) is 2.38. The maximum absolute atomic E-state index is 10.9. The summed E-state index contributed by atoms with van der Waals surface area (Å²) < 4.78 is 5.44. The summed E-state index contributed by atoms with van der Waals surface area (Å²) in [6.07, 6.45) is 1.41. The normalized spacial score (nSPS) is 9.68. The van der Waals surface area contributed by atoms with Crippen molar-refractivity contribution in [1.29, 1.82) is 5.26 Å². The van der Waals surface area contributed by atoms with Gasteiger partial charge < -0.3 is 4.74 Å². The lowest BCUT2D eigenvalue weighted by atomic mass is 10.2. The fourth-order valence-electron chi connectivity index (χ4n) is 1.52. The van der Waals surface area contributed by atoms with Gasteiger partial charge in [-0.2, -0.15) is 5.26 Å². The van der Waals surface area contributed by atoms with Gasteiger partial charge in [-0.25, -0.2) is 4.98 Å². The van der Waals surface area contributed by atoms with Crippen LogP contribution in [0.5, 0.6) is 11.5 Å². The molecule has 0 aliphatic rings. The number of benzene rings is 1. The van der Waals surface area contributed by atoms with E-state index in [4.69, 9.17) is 10.00 Å². The maximum Gasteiger partial charge on any atom is 0.311 e. The van der Waals surface area contributed by atoms with Crippen molar-refractivity contribution in [3.63, 3.8) is 0 Å². The maximum atomic E-state index is 10.9. The first-order valence-electron chi connectivity index (χ1n) is 5.39. The Kier molecular flexibility index (Phi) is 3.39. The minimum absolute atomic E-state index is 0.115. The lowest BCUT2D eigenvalue weighted by Crippen LogP contribution is -1.94. The van der Waals surface area contributed by atoms with Gasteiger partial charge in [0.15, 0.2) is 0 Å². The second-order valence-electron chi connectivity index (χ2n) is 3.82. The van der Waals surface area contributed by atoms with Gasteiger partial charge in [-0.15, -0.1) is 0 Å². The number of rotatable bonds is 3. The van der Waals surface area contributed by atoms with Crippen molar-refractivity contribution in [2.75, 3.05) is 0 Å². The Bertz CT molecular complexity index is 677. The standard InChI is InChI=1S/C13H9N3O3/c1-9-2-3-13(12(6-9)16(17)18)19-11-4-5-15-10(7-11)8-14/h2-7H,1H3. The Morgan fingerprint density at radius 1 is 1.37 bits per heavy atom. The number of hydrogen-bond acceptors (Lipinski definition) is 5. The molecule has 0 N–H and O–H groups in total. The first kappa shape index (κ1) is 12.5. The van der Waals surface area contributed by atoms with Crippen LogP contribution in [0.1, 0.15) is 11.3 Å². The molecule has 0 saturated carbocycles. The third-order valence-electron chi connectivity index (χ3n) is 2.38. The number of nitriles is 1. The van der Waals surface area contributed by atoms with E-state index in [0.29, 0.717) is 5.75 Å². The van der Waals surface area contributed by atoms with Gasteiger partial charge >= 0.3 is 5.69 Å². The summed E-state index contributed by atoms with van der Waals surface area (Å²) in [4.78, 5) is 14.2. The predicted molar refractivity (Wildman–Crippen MR) is 66.9 cm³/mol. The highest BCUT2D eigenvalue weighted by Crippen LogP contribution is 2.31. The number of hydrogen-bond donors (Lipinski definition) is 0. The van der Waals surface area contributed by atoms with Gasteiger partial charge in [-0.1, -0.05) is 6.07 Å². The largest absolute Gasteiger partial charge is 0.450 e. The SMILES string of the molecule is Cc1ccc(Oc2ccnc(C#N)c2)c([N+](=O)[O-])c1. The number of nitro benzene ring substituents is 1. The van der Waals surface area contributed by atoms with Crippen molar-refractivity contribution in [3.8, 4) is 17.6 Å². The van der Waals surface area contributed by atoms with Crippen molar-refractivity contribution in [1.82, 2.24) is 4.98 Å². The molecule has 6 nitrogen and oxygen atoms in total. The number of pyridine rings is 1. The Balaban J connectivity index is 2.38. The van der Waals surface area contributed by atoms with Crippen LogP contribution in [-0.4, -0.2) is 9.91 Å². The van der Waals surface area contributed by atoms with Gasteiger partial charge in [0.2, 0.25) is 5.75 Å². The molecule has 6 heteroatoms. The average molecular weight is 255 g/mol. The molecule has 19 heavy (non-hydrogen) atoms. The number of aryl methyl sites for hydroxylation is 1. The topological polar surface area (TPSA) is 89.0 Å². The fourth-order valence-corrected chi connectivity index (χ4v) is 1.52. The fraction of sp³-hybridized carbons (Fsp3) is 0.0769. The van der Waals surface area contributed by atoms with Crippen LogP contribution >= 0.6 is 0 Å². The Morgan fingerprint density at radius 2 is 2.16 bits per heavy atom. The van der Waals surface area contributed by atoms with Crippen molar-refractivity contribution < 1.29 is 9.66 Å². The Hall–Kier alpha value is -2.94. The zero-order valence-electron chi connectivity index (χ0n) is 10.0. The molecule has 0 unspecified atom stereocenters. The van der Waals surface area contributed by atoms with Crippen LogP contribution in [0.25, 0.3) is 0 Å². The van der Waals surface area contributed by atoms with Crippen LogP contribution in [0, 0.1) is 28.4 Å². The van der Waals surface area contributed by atoms with Crippen LogP contribution in [0.4, 0.5) is 5.69 Å². The summed E-state index contributed by atoms with van der Waals surface area (Å²) in [5, 5.41) is 19.7.